The van der Waals surface area contributed by atoms with Gasteiger partial charge in [0.25, 0.3) is 0 Å². The zero-order chi connectivity index (χ0) is 22.4. The minimum atomic E-state index is -0.937. The van der Waals surface area contributed by atoms with Crippen LogP contribution in [0, 0.1) is 11.6 Å². The Morgan fingerprint density at radius 2 is 1.84 bits per heavy atom. The largest absolute Gasteiger partial charge is 0.497 e. The Balaban J connectivity index is 1.64. The predicted molar refractivity (Wildman–Crippen MR) is 118 cm³/mol. The molecule has 2 heterocycles. The van der Waals surface area contributed by atoms with Crippen molar-refractivity contribution in [3.63, 3.8) is 0 Å². The average Bonchev–Trinajstić information content (AvgIpc) is 3.20. The third-order valence-electron chi connectivity index (χ3n) is 6.11. The van der Waals surface area contributed by atoms with Crippen LogP contribution in [0.5, 0.6) is 5.75 Å². The molecule has 0 spiro atoms. The molecular weight excluding hydrogens is 412 g/mol. The molecule has 1 unspecified atom stereocenters. The maximum absolute atomic E-state index is 14.0. The number of urea groups is 1. The van der Waals surface area contributed by atoms with Gasteiger partial charge in [0, 0.05) is 35.3 Å². The van der Waals surface area contributed by atoms with Gasteiger partial charge in [-0.3, -0.25) is 0 Å². The third kappa shape index (κ3) is 3.26. The van der Waals surface area contributed by atoms with E-state index in [0.717, 1.165) is 40.1 Å². The maximum Gasteiger partial charge on any atom is 0.315 e. The van der Waals surface area contributed by atoms with Gasteiger partial charge in [0.15, 0.2) is 11.6 Å². The summed E-state index contributed by atoms with van der Waals surface area (Å²) in [5.41, 5.74) is 10.9. The number of nitrogens with two attached hydrogens (primary N) is 1. The summed E-state index contributed by atoms with van der Waals surface area (Å²) in [7, 11) is 1.63. The van der Waals surface area contributed by atoms with Crippen molar-refractivity contribution in [2.45, 2.75) is 12.5 Å². The molecule has 1 aromatic heterocycles. The van der Waals surface area contributed by atoms with Gasteiger partial charge in [-0.2, -0.15) is 0 Å². The number of ether oxygens (including phenoxy) is 1. The van der Waals surface area contributed by atoms with Gasteiger partial charge >= 0.3 is 6.03 Å². The summed E-state index contributed by atoms with van der Waals surface area (Å²) in [4.78, 5) is 16.8. The van der Waals surface area contributed by atoms with Gasteiger partial charge in [-0.15, -0.1) is 0 Å². The molecule has 3 aromatic carbocycles. The minimum absolute atomic E-state index is 0.422. The van der Waals surface area contributed by atoms with Gasteiger partial charge in [-0.25, -0.2) is 13.6 Å². The number of methoxy groups -OCH3 is 1. The van der Waals surface area contributed by atoms with Crippen LogP contribution in [0.4, 0.5) is 13.6 Å². The van der Waals surface area contributed by atoms with Crippen molar-refractivity contribution in [2.24, 2.45) is 5.73 Å². The van der Waals surface area contributed by atoms with Crippen molar-refractivity contribution >= 4 is 16.9 Å². The van der Waals surface area contributed by atoms with E-state index < -0.39 is 23.7 Å². The topological polar surface area (TPSA) is 71.3 Å². The van der Waals surface area contributed by atoms with Crippen molar-refractivity contribution in [1.29, 1.82) is 0 Å². The van der Waals surface area contributed by atoms with Crippen LogP contribution in [-0.2, 0) is 6.42 Å². The number of rotatable bonds is 3. The number of nitrogens with zero attached hydrogens (tertiary/aromatic N) is 1. The Bertz CT molecular complexity index is 1350. The van der Waals surface area contributed by atoms with Gasteiger partial charge in [-0.05, 0) is 46.9 Å². The lowest BCUT2D eigenvalue weighted by molar-refractivity contribution is 0.190. The number of primary amides is 1. The van der Waals surface area contributed by atoms with Gasteiger partial charge in [0.1, 0.15) is 5.75 Å². The Morgan fingerprint density at radius 1 is 1.06 bits per heavy atom. The minimum Gasteiger partial charge on any atom is -0.497 e. The fourth-order valence-electron chi connectivity index (χ4n) is 4.55. The first-order chi connectivity index (χ1) is 15.5. The number of aromatic nitrogens is 1. The van der Waals surface area contributed by atoms with Gasteiger partial charge < -0.3 is 20.4 Å². The molecule has 32 heavy (non-hydrogen) atoms. The van der Waals surface area contributed by atoms with E-state index in [0.29, 0.717) is 29.4 Å². The summed E-state index contributed by atoms with van der Waals surface area (Å²) < 4.78 is 33.1. The van der Waals surface area contributed by atoms with Crippen LogP contribution >= 0.6 is 0 Å². The summed E-state index contributed by atoms with van der Waals surface area (Å²) >= 11 is 0. The van der Waals surface area contributed by atoms with E-state index in [2.05, 4.69) is 11.1 Å². The molecule has 1 aliphatic heterocycles. The molecule has 3 N–H and O–H groups in total. The molecule has 1 aliphatic rings. The van der Waals surface area contributed by atoms with Crippen LogP contribution in [-0.4, -0.2) is 29.6 Å². The highest BCUT2D eigenvalue weighted by atomic mass is 19.2. The zero-order valence-electron chi connectivity index (χ0n) is 17.4. The van der Waals surface area contributed by atoms with E-state index in [-0.39, 0.29) is 0 Å². The predicted octanol–water partition coefficient (Wildman–Crippen LogP) is 5.15. The number of aromatic amines is 1. The molecule has 5 nitrogen and oxygen atoms in total. The molecule has 1 atom stereocenters. The zero-order valence-corrected chi connectivity index (χ0v) is 17.4. The summed E-state index contributed by atoms with van der Waals surface area (Å²) in [6.07, 6.45) is 2.33. The van der Waals surface area contributed by atoms with Crippen LogP contribution in [0.1, 0.15) is 22.7 Å². The van der Waals surface area contributed by atoms with Gasteiger partial charge in [0.05, 0.1) is 13.2 Å². The monoisotopic (exact) mass is 433 g/mol. The van der Waals surface area contributed by atoms with Gasteiger partial charge in [-0.1, -0.05) is 30.3 Å². The van der Waals surface area contributed by atoms with Crippen LogP contribution in [0.15, 0.2) is 60.8 Å². The second kappa shape index (κ2) is 7.67. The van der Waals surface area contributed by atoms with E-state index in [1.54, 1.807) is 18.2 Å². The summed E-state index contributed by atoms with van der Waals surface area (Å²) in [5, 5.41) is 0.518. The number of carbonyl (C=O) groups is 1. The second-order valence-corrected chi connectivity index (χ2v) is 7.89. The Morgan fingerprint density at radius 3 is 2.62 bits per heavy atom. The molecule has 0 aliphatic carbocycles. The van der Waals surface area contributed by atoms with Crippen LogP contribution in [0.3, 0.4) is 0 Å². The first-order valence-electron chi connectivity index (χ1n) is 10.3. The first-order valence-corrected chi connectivity index (χ1v) is 10.3. The number of hydrogen-bond donors (Lipinski definition) is 2. The molecule has 4 aromatic rings. The molecular formula is C25H21F2N3O2. The van der Waals surface area contributed by atoms with E-state index in [4.69, 9.17) is 10.5 Å². The SMILES string of the molecule is COc1cccc(-c2ccc3c(c2)CCN(C(N)=O)C3c2c[nH]c3cc(F)c(F)cc23)c1. The fraction of sp³-hybridized carbons (Fsp3) is 0.160. The lowest BCUT2D eigenvalue weighted by atomic mass is 9.86. The van der Waals surface area contributed by atoms with Crippen molar-refractivity contribution in [3.05, 3.63) is 89.1 Å². The summed E-state index contributed by atoms with van der Waals surface area (Å²) in [6, 6.07) is 15.1. The number of amides is 2. The van der Waals surface area contributed by atoms with Crippen molar-refractivity contribution in [1.82, 2.24) is 9.88 Å². The number of hydrogen-bond acceptors (Lipinski definition) is 2. The molecule has 0 radical (unpaired) electrons. The third-order valence-corrected chi connectivity index (χ3v) is 6.11. The Kier molecular flexibility index (Phi) is 4.81. The maximum atomic E-state index is 14.0. The van der Waals surface area contributed by atoms with Crippen LogP contribution in [0.2, 0.25) is 0 Å². The Hall–Kier alpha value is -3.87. The number of halogens is 2. The normalized spacial score (nSPS) is 15.6. The summed E-state index contributed by atoms with van der Waals surface area (Å²) in [5.74, 6) is -1.09. The molecule has 2 amide bonds. The van der Waals surface area contributed by atoms with Crippen LogP contribution in [0.25, 0.3) is 22.0 Å². The lowest BCUT2D eigenvalue weighted by Gasteiger charge is -2.36. The smallest absolute Gasteiger partial charge is 0.315 e. The lowest BCUT2D eigenvalue weighted by Crippen LogP contribution is -2.43. The quantitative estimate of drug-likeness (QED) is 0.469. The van der Waals surface area contributed by atoms with Crippen molar-refractivity contribution in [3.8, 4) is 16.9 Å². The Labute approximate surface area is 183 Å². The molecule has 0 bridgehead atoms. The van der Waals surface area contributed by atoms with Crippen molar-refractivity contribution in [2.75, 3.05) is 13.7 Å². The standard InChI is InChI=1S/C25H21F2N3O2/c1-32-17-4-2-3-14(10-17)15-5-6-18-16(9-15)7-8-30(25(28)31)24(18)20-13-29-23-12-22(27)21(26)11-19(20)23/h2-6,9-13,24,29H,7-8H2,1H3,(H2,28,31). The molecule has 5 rings (SSSR count). The van der Waals surface area contributed by atoms with Crippen LogP contribution < -0.4 is 10.5 Å². The number of fused-ring (bicyclic) bond motifs is 2. The van der Waals surface area contributed by atoms with E-state index in [1.165, 1.54) is 0 Å². The molecule has 7 heteroatoms. The average molecular weight is 433 g/mol. The molecule has 0 saturated carbocycles. The highest BCUT2D eigenvalue weighted by Crippen LogP contribution is 2.40. The summed E-state index contributed by atoms with van der Waals surface area (Å²) in [6.45, 7) is 0.422. The number of benzene rings is 3. The molecule has 162 valence electrons. The number of H-pyrrole nitrogens is 1. The number of nitrogens with one attached hydrogen (secondary N) is 1. The highest BCUT2D eigenvalue weighted by molar-refractivity contribution is 5.86. The first kappa shape index (κ1) is 20.1. The molecule has 0 fully saturated rings. The molecule has 0 saturated heterocycles. The van der Waals surface area contributed by atoms with E-state index in [1.807, 2.05) is 36.4 Å². The van der Waals surface area contributed by atoms with Crippen molar-refractivity contribution < 1.29 is 18.3 Å². The van der Waals surface area contributed by atoms with E-state index in [9.17, 15) is 13.6 Å². The van der Waals surface area contributed by atoms with E-state index >= 15 is 0 Å². The highest BCUT2D eigenvalue weighted by Gasteiger charge is 2.33. The second-order valence-electron chi connectivity index (χ2n) is 7.89. The fourth-order valence-corrected chi connectivity index (χ4v) is 4.55. The number of carbonyl (C=O) groups excluding carboxylic acids is 1. The van der Waals surface area contributed by atoms with Gasteiger partial charge in [0.2, 0.25) is 0 Å².